The molecular weight excluding hydrogens is 293 g/mol. The third-order valence-electron chi connectivity index (χ3n) is 4.57. The Morgan fingerprint density at radius 1 is 1.30 bits per heavy atom. The number of carbonyl (C=O) groups is 1. The Bertz CT molecular complexity index is 710. The summed E-state index contributed by atoms with van der Waals surface area (Å²) in [5.74, 6) is 1.34. The standard InChI is InChI=1S/C18H24FN3O/c1-3-5-13-9-18(23)21(11-13)12-22-16-8-7-14(19)10-15(16)20-17(22)6-4-2/h7-8,10,13H,3-6,9,11-12H2,1-2H3. The van der Waals surface area contributed by atoms with E-state index in [1.807, 2.05) is 4.90 Å². The second-order valence-electron chi connectivity index (χ2n) is 6.46. The van der Waals surface area contributed by atoms with Crippen LogP contribution in [0.4, 0.5) is 4.39 Å². The Kier molecular flexibility index (Phi) is 4.64. The van der Waals surface area contributed by atoms with Crippen molar-refractivity contribution in [1.29, 1.82) is 0 Å². The molecule has 0 spiro atoms. The van der Waals surface area contributed by atoms with Gasteiger partial charge in [0.2, 0.25) is 5.91 Å². The van der Waals surface area contributed by atoms with Gasteiger partial charge in [0, 0.05) is 25.5 Å². The van der Waals surface area contributed by atoms with Crippen molar-refractivity contribution in [3.8, 4) is 0 Å². The number of hydrogen-bond donors (Lipinski definition) is 0. The maximum Gasteiger partial charge on any atom is 0.224 e. The Labute approximate surface area is 136 Å². The molecule has 3 rings (SSSR count). The quantitative estimate of drug-likeness (QED) is 0.814. The fourth-order valence-corrected chi connectivity index (χ4v) is 3.49. The first-order chi connectivity index (χ1) is 11.1. The molecule has 124 valence electrons. The van der Waals surface area contributed by atoms with E-state index in [0.717, 1.165) is 43.6 Å². The number of likely N-dealkylation sites (tertiary alicyclic amines) is 1. The molecular formula is C18H24FN3O. The maximum atomic E-state index is 13.5. The van der Waals surface area contributed by atoms with Crippen LogP contribution in [0.5, 0.6) is 0 Å². The fraction of sp³-hybridized carbons (Fsp3) is 0.556. The number of fused-ring (bicyclic) bond motifs is 1. The molecule has 1 amide bonds. The van der Waals surface area contributed by atoms with Crippen molar-refractivity contribution in [2.45, 2.75) is 52.6 Å². The molecule has 0 bridgehead atoms. The number of aryl methyl sites for hydroxylation is 1. The predicted molar refractivity (Wildman–Crippen MR) is 88.4 cm³/mol. The van der Waals surface area contributed by atoms with Gasteiger partial charge < -0.3 is 9.47 Å². The molecule has 5 heteroatoms. The zero-order valence-electron chi connectivity index (χ0n) is 13.9. The highest BCUT2D eigenvalue weighted by atomic mass is 19.1. The van der Waals surface area contributed by atoms with E-state index in [-0.39, 0.29) is 11.7 Å². The topological polar surface area (TPSA) is 38.1 Å². The number of amides is 1. The van der Waals surface area contributed by atoms with Gasteiger partial charge in [-0.3, -0.25) is 4.79 Å². The van der Waals surface area contributed by atoms with Gasteiger partial charge in [-0.1, -0.05) is 20.3 Å². The third kappa shape index (κ3) is 3.23. The van der Waals surface area contributed by atoms with Gasteiger partial charge in [-0.05, 0) is 30.9 Å². The molecule has 2 heterocycles. The van der Waals surface area contributed by atoms with Crippen LogP contribution in [0.1, 0.15) is 45.4 Å². The molecule has 0 saturated carbocycles. The average molecular weight is 317 g/mol. The first-order valence-electron chi connectivity index (χ1n) is 8.54. The van der Waals surface area contributed by atoms with Crippen LogP contribution in [0.25, 0.3) is 11.0 Å². The molecule has 1 saturated heterocycles. The van der Waals surface area contributed by atoms with Crippen molar-refractivity contribution in [2.24, 2.45) is 5.92 Å². The molecule has 1 aromatic carbocycles. The monoisotopic (exact) mass is 317 g/mol. The largest absolute Gasteiger partial charge is 0.324 e. The fourth-order valence-electron chi connectivity index (χ4n) is 3.49. The molecule has 1 aromatic heterocycles. The highest BCUT2D eigenvalue weighted by Crippen LogP contribution is 2.25. The van der Waals surface area contributed by atoms with E-state index >= 15 is 0 Å². The lowest BCUT2D eigenvalue weighted by Gasteiger charge is -2.19. The van der Waals surface area contributed by atoms with E-state index in [1.54, 1.807) is 6.07 Å². The van der Waals surface area contributed by atoms with Crippen LogP contribution in [0.2, 0.25) is 0 Å². The number of imidazole rings is 1. The van der Waals surface area contributed by atoms with Crippen LogP contribution >= 0.6 is 0 Å². The summed E-state index contributed by atoms with van der Waals surface area (Å²) in [5, 5.41) is 0. The molecule has 0 N–H and O–H groups in total. The van der Waals surface area contributed by atoms with Crippen molar-refractivity contribution in [2.75, 3.05) is 6.54 Å². The number of halogens is 1. The molecule has 1 fully saturated rings. The Morgan fingerprint density at radius 3 is 2.87 bits per heavy atom. The normalized spacial score (nSPS) is 18.3. The summed E-state index contributed by atoms with van der Waals surface area (Å²) < 4.78 is 15.5. The smallest absolute Gasteiger partial charge is 0.224 e. The van der Waals surface area contributed by atoms with Crippen LogP contribution in [0, 0.1) is 11.7 Å². The molecule has 23 heavy (non-hydrogen) atoms. The number of rotatable bonds is 6. The second-order valence-corrected chi connectivity index (χ2v) is 6.46. The summed E-state index contributed by atoms with van der Waals surface area (Å²) in [6.45, 7) is 5.60. The van der Waals surface area contributed by atoms with Crippen LogP contribution in [0.3, 0.4) is 0 Å². The predicted octanol–water partition coefficient (Wildman–Crippen LogP) is 3.73. The first-order valence-corrected chi connectivity index (χ1v) is 8.54. The lowest BCUT2D eigenvalue weighted by atomic mass is 10.0. The van der Waals surface area contributed by atoms with Crippen molar-refractivity contribution in [3.05, 3.63) is 29.8 Å². The van der Waals surface area contributed by atoms with Crippen molar-refractivity contribution in [1.82, 2.24) is 14.5 Å². The number of carbonyl (C=O) groups excluding carboxylic acids is 1. The van der Waals surface area contributed by atoms with E-state index in [0.29, 0.717) is 24.5 Å². The SMILES string of the molecule is CCCc1nc2cc(F)ccc2n1CN1CC(CCC)CC1=O. The zero-order valence-corrected chi connectivity index (χ0v) is 13.9. The van der Waals surface area contributed by atoms with Gasteiger partial charge >= 0.3 is 0 Å². The van der Waals surface area contributed by atoms with Gasteiger partial charge in [-0.15, -0.1) is 0 Å². The number of nitrogens with zero attached hydrogens (tertiary/aromatic N) is 3. The van der Waals surface area contributed by atoms with Gasteiger partial charge in [-0.2, -0.15) is 0 Å². The highest BCUT2D eigenvalue weighted by molar-refractivity contribution is 5.79. The van der Waals surface area contributed by atoms with Gasteiger partial charge in [-0.25, -0.2) is 9.37 Å². The Morgan fingerprint density at radius 2 is 2.13 bits per heavy atom. The number of aromatic nitrogens is 2. The second kappa shape index (κ2) is 6.69. The van der Waals surface area contributed by atoms with Gasteiger partial charge in [0.05, 0.1) is 17.7 Å². The minimum atomic E-state index is -0.273. The third-order valence-corrected chi connectivity index (χ3v) is 4.57. The van der Waals surface area contributed by atoms with Gasteiger partial charge in [0.25, 0.3) is 0 Å². The summed E-state index contributed by atoms with van der Waals surface area (Å²) in [7, 11) is 0. The minimum absolute atomic E-state index is 0.217. The summed E-state index contributed by atoms with van der Waals surface area (Å²) >= 11 is 0. The van der Waals surface area contributed by atoms with Crippen molar-refractivity contribution < 1.29 is 9.18 Å². The lowest BCUT2D eigenvalue weighted by Crippen LogP contribution is -2.28. The van der Waals surface area contributed by atoms with E-state index in [2.05, 4.69) is 23.4 Å². The number of benzene rings is 1. The molecule has 4 nitrogen and oxygen atoms in total. The number of hydrogen-bond acceptors (Lipinski definition) is 2. The minimum Gasteiger partial charge on any atom is -0.324 e. The van der Waals surface area contributed by atoms with Crippen LogP contribution in [-0.2, 0) is 17.9 Å². The Balaban J connectivity index is 1.89. The van der Waals surface area contributed by atoms with E-state index in [1.165, 1.54) is 12.1 Å². The van der Waals surface area contributed by atoms with E-state index in [4.69, 9.17) is 0 Å². The first kappa shape index (κ1) is 16.0. The molecule has 0 aliphatic carbocycles. The molecule has 1 atom stereocenters. The molecule has 1 aliphatic rings. The van der Waals surface area contributed by atoms with E-state index < -0.39 is 0 Å². The zero-order chi connectivity index (χ0) is 16.4. The van der Waals surface area contributed by atoms with Gasteiger partial charge in [0.15, 0.2) is 0 Å². The molecule has 1 aliphatic heterocycles. The molecule has 1 unspecified atom stereocenters. The van der Waals surface area contributed by atoms with Crippen LogP contribution in [-0.4, -0.2) is 26.9 Å². The van der Waals surface area contributed by atoms with Crippen LogP contribution in [0.15, 0.2) is 18.2 Å². The summed E-state index contributed by atoms with van der Waals surface area (Å²) in [6.07, 6.45) is 4.66. The van der Waals surface area contributed by atoms with Crippen molar-refractivity contribution >= 4 is 16.9 Å². The molecule has 0 radical (unpaired) electrons. The van der Waals surface area contributed by atoms with Crippen molar-refractivity contribution in [3.63, 3.8) is 0 Å². The lowest BCUT2D eigenvalue weighted by molar-refractivity contribution is -0.129. The average Bonchev–Trinajstić information content (AvgIpc) is 3.01. The highest BCUT2D eigenvalue weighted by Gasteiger charge is 2.29. The van der Waals surface area contributed by atoms with E-state index in [9.17, 15) is 9.18 Å². The summed E-state index contributed by atoms with van der Waals surface area (Å²) in [6, 6.07) is 4.69. The Hall–Kier alpha value is -1.91. The van der Waals surface area contributed by atoms with Crippen LogP contribution < -0.4 is 0 Å². The van der Waals surface area contributed by atoms with Gasteiger partial charge in [0.1, 0.15) is 11.6 Å². The molecule has 2 aromatic rings. The summed E-state index contributed by atoms with van der Waals surface area (Å²) in [4.78, 5) is 18.8. The maximum absolute atomic E-state index is 13.5. The summed E-state index contributed by atoms with van der Waals surface area (Å²) in [5.41, 5.74) is 1.58.